The SMILES string of the molecule is CC1COC(CO)CN1C(=O)c1cnc(C(C)(C)C)s1. The summed E-state index contributed by atoms with van der Waals surface area (Å²) in [5.41, 5.74) is -0.0482. The lowest BCUT2D eigenvalue weighted by molar-refractivity contribution is -0.0666. The van der Waals surface area contributed by atoms with Gasteiger partial charge in [-0.05, 0) is 6.92 Å². The molecular formula is C14H22N2O3S. The molecule has 1 aromatic heterocycles. The van der Waals surface area contributed by atoms with Gasteiger partial charge in [0, 0.05) is 12.0 Å². The van der Waals surface area contributed by atoms with Gasteiger partial charge in [-0.3, -0.25) is 4.79 Å². The van der Waals surface area contributed by atoms with Crippen molar-refractivity contribution in [2.24, 2.45) is 0 Å². The molecule has 0 bridgehead atoms. The molecule has 1 amide bonds. The minimum absolute atomic E-state index is 0.0190. The van der Waals surface area contributed by atoms with Gasteiger partial charge < -0.3 is 14.7 Å². The number of ether oxygens (including phenoxy) is 1. The van der Waals surface area contributed by atoms with Gasteiger partial charge in [0.2, 0.25) is 0 Å². The summed E-state index contributed by atoms with van der Waals surface area (Å²) >= 11 is 1.45. The Morgan fingerprint density at radius 3 is 2.85 bits per heavy atom. The molecule has 0 radical (unpaired) electrons. The van der Waals surface area contributed by atoms with Crippen molar-refractivity contribution in [1.29, 1.82) is 0 Å². The van der Waals surface area contributed by atoms with Crippen LogP contribution in [0, 0.1) is 0 Å². The van der Waals surface area contributed by atoms with Crippen LogP contribution in [0.25, 0.3) is 0 Å². The Balaban J connectivity index is 2.15. The summed E-state index contributed by atoms with van der Waals surface area (Å²) in [6.45, 7) is 9.03. The summed E-state index contributed by atoms with van der Waals surface area (Å²) in [5, 5.41) is 10.1. The van der Waals surface area contributed by atoms with E-state index in [-0.39, 0.29) is 30.1 Å². The molecule has 2 atom stereocenters. The zero-order chi connectivity index (χ0) is 14.9. The molecule has 5 nitrogen and oxygen atoms in total. The van der Waals surface area contributed by atoms with Crippen molar-refractivity contribution in [3.8, 4) is 0 Å². The molecule has 1 N–H and O–H groups in total. The molecule has 1 aliphatic rings. The first-order valence-corrected chi connectivity index (χ1v) is 7.64. The largest absolute Gasteiger partial charge is 0.394 e. The second-order valence-corrected chi connectivity index (χ2v) is 7.25. The maximum absolute atomic E-state index is 12.6. The van der Waals surface area contributed by atoms with Gasteiger partial charge in [-0.25, -0.2) is 4.98 Å². The number of thiazole rings is 1. The quantitative estimate of drug-likeness (QED) is 0.902. The van der Waals surface area contributed by atoms with Crippen LogP contribution in [0.4, 0.5) is 0 Å². The molecule has 0 saturated carbocycles. The van der Waals surface area contributed by atoms with Gasteiger partial charge in [0.1, 0.15) is 4.88 Å². The Bertz CT molecular complexity index is 481. The molecular weight excluding hydrogens is 276 g/mol. The fourth-order valence-electron chi connectivity index (χ4n) is 2.07. The molecule has 1 fully saturated rings. The fraction of sp³-hybridized carbons (Fsp3) is 0.714. The van der Waals surface area contributed by atoms with Gasteiger partial charge in [0.15, 0.2) is 0 Å². The molecule has 1 saturated heterocycles. The number of carbonyl (C=O) groups is 1. The standard InChI is InChI=1S/C14H22N2O3S/c1-9-8-19-10(7-17)6-16(9)12(18)11-5-15-13(20-11)14(2,3)4/h5,9-10,17H,6-8H2,1-4H3. The van der Waals surface area contributed by atoms with Crippen LogP contribution in [-0.2, 0) is 10.2 Å². The van der Waals surface area contributed by atoms with E-state index in [0.717, 1.165) is 5.01 Å². The molecule has 0 spiro atoms. The number of amides is 1. The second kappa shape index (κ2) is 5.79. The van der Waals surface area contributed by atoms with Gasteiger partial charge >= 0.3 is 0 Å². The Labute approximate surface area is 123 Å². The van der Waals surface area contributed by atoms with Crippen LogP contribution in [0.15, 0.2) is 6.20 Å². The van der Waals surface area contributed by atoms with E-state index < -0.39 is 0 Å². The van der Waals surface area contributed by atoms with Gasteiger partial charge in [-0.2, -0.15) is 0 Å². The molecule has 2 heterocycles. The molecule has 6 heteroatoms. The highest BCUT2D eigenvalue weighted by atomic mass is 32.1. The van der Waals surface area contributed by atoms with Crippen LogP contribution < -0.4 is 0 Å². The van der Waals surface area contributed by atoms with Crippen LogP contribution in [0.5, 0.6) is 0 Å². The van der Waals surface area contributed by atoms with Crippen molar-refractivity contribution in [3.05, 3.63) is 16.1 Å². The van der Waals surface area contributed by atoms with Crippen molar-refractivity contribution >= 4 is 17.2 Å². The first kappa shape index (κ1) is 15.4. The van der Waals surface area contributed by atoms with E-state index in [4.69, 9.17) is 4.74 Å². The van der Waals surface area contributed by atoms with Crippen molar-refractivity contribution in [1.82, 2.24) is 9.88 Å². The smallest absolute Gasteiger partial charge is 0.265 e. The van der Waals surface area contributed by atoms with Gasteiger partial charge in [-0.15, -0.1) is 11.3 Å². The number of carbonyl (C=O) groups excluding carboxylic acids is 1. The number of hydrogen-bond acceptors (Lipinski definition) is 5. The average molecular weight is 298 g/mol. The predicted molar refractivity (Wildman–Crippen MR) is 78.1 cm³/mol. The lowest BCUT2D eigenvalue weighted by atomic mass is 9.98. The van der Waals surface area contributed by atoms with Crippen molar-refractivity contribution in [2.45, 2.75) is 45.3 Å². The average Bonchev–Trinajstić information content (AvgIpc) is 2.88. The van der Waals surface area contributed by atoms with Crippen molar-refractivity contribution in [2.75, 3.05) is 19.8 Å². The van der Waals surface area contributed by atoms with Crippen molar-refractivity contribution in [3.63, 3.8) is 0 Å². The summed E-state index contributed by atoms with van der Waals surface area (Å²) in [6.07, 6.45) is 1.37. The Kier molecular flexibility index (Phi) is 4.46. The normalized spacial score (nSPS) is 23.9. The first-order chi connectivity index (χ1) is 9.32. The maximum atomic E-state index is 12.6. The lowest BCUT2D eigenvalue weighted by Gasteiger charge is -2.37. The Morgan fingerprint density at radius 1 is 1.60 bits per heavy atom. The van der Waals surface area contributed by atoms with E-state index in [9.17, 15) is 9.90 Å². The van der Waals surface area contributed by atoms with E-state index in [1.165, 1.54) is 11.3 Å². The summed E-state index contributed by atoms with van der Waals surface area (Å²) in [6, 6.07) is 0.0190. The Hall–Kier alpha value is -0.980. The van der Waals surface area contributed by atoms with Crippen LogP contribution in [-0.4, -0.2) is 52.8 Å². The maximum Gasteiger partial charge on any atom is 0.265 e. The first-order valence-electron chi connectivity index (χ1n) is 6.82. The second-order valence-electron chi connectivity index (χ2n) is 6.22. The molecule has 0 aliphatic carbocycles. The zero-order valence-corrected chi connectivity index (χ0v) is 13.2. The molecule has 112 valence electrons. The number of aliphatic hydroxyl groups excluding tert-OH is 1. The molecule has 1 aromatic rings. The number of aromatic nitrogens is 1. The summed E-state index contributed by atoms with van der Waals surface area (Å²) < 4.78 is 5.46. The van der Waals surface area contributed by atoms with Gasteiger partial charge in [0.05, 0.1) is 36.6 Å². The highest BCUT2D eigenvalue weighted by Gasteiger charge is 2.31. The summed E-state index contributed by atoms with van der Waals surface area (Å²) in [5.74, 6) is -0.0211. The molecule has 0 aromatic carbocycles. The van der Waals surface area contributed by atoms with Crippen molar-refractivity contribution < 1.29 is 14.6 Å². The minimum atomic E-state index is -0.287. The monoisotopic (exact) mass is 298 g/mol. The van der Waals surface area contributed by atoms with Crippen LogP contribution in [0.3, 0.4) is 0 Å². The number of aliphatic hydroxyl groups is 1. The Morgan fingerprint density at radius 2 is 2.30 bits per heavy atom. The van der Waals surface area contributed by atoms with Gasteiger partial charge in [-0.1, -0.05) is 20.8 Å². The number of hydrogen-bond donors (Lipinski definition) is 1. The summed E-state index contributed by atoms with van der Waals surface area (Å²) in [4.78, 5) is 19.4. The third-order valence-corrected chi connectivity index (χ3v) is 4.74. The molecule has 2 rings (SSSR count). The predicted octanol–water partition coefficient (Wildman–Crippen LogP) is 1.66. The third kappa shape index (κ3) is 3.19. The van der Waals surface area contributed by atoms with E-state index in [1.807, 2.05) is 6.92 Å². The van der Waals surface area contributed by atoms with E-state index >= 15 is 0 Å². The van der Waals surface area contributed by atoms with E-state index in [2.05, 4.69) is 25.8 Å². The van der Waals surface area contributed by atoms with Crippen LogP contribution in [0.2, 0.25) is 0 Å². The number of rotatable bonds is 2. The zero-order valence-electron chi connectivity index (χ0n) is 12.4. The number of nitrogens with zero attached hydrogens (tertiary/aromatic N) is 2. The van der Waals surface area contributed by atoms with Crippen LogP contribution >= 0.6 is 11.3 Å². The molecule has 2 unspecified atom stereocenters. The molecule has 1 aliphatic heterocycles. The van der Waals surface area contributed by atoms with E-state index in [0.29, 0.717) is 18.0 Å². The van der Waals surface area contributed by atoms with Crippen LogP contribution in [0.1, 0.15) is 42.4 Å². The minimum Gasteiger partial charge on any atom is -0.394 e. The lowest BCUT2D eigenvalue weighted by Crippen LogP contribution is -2.51. The highest BCUT2D eigenvalue weighted by molar-refractivity contribution is 7.13. The fourth-order valence-corrected chi connectivity index (χ4v) is 3.00. The topological polar surface area (TPSA) is 62.7 Å². The summed E-state index contributed by atoms with van der Waals surface area (Å²) in [7, 11) is 0. The number of morpholine rings is 1. The van der Waals surface area contributed by atoms with Gasteiger partial charge in [0.25, 0.3) is 5.91 Å². The third-order valence-electron chi connectivity index (χ3n) is 3.33. The van der Waals surface area contributed by atoms with E-state index in [1.54, 1.807) is 11.1 Å². The molecule has 20 heavy (non-hydrogen) atoms. The highest BCUT2D eigenvalue weighted by Crippen LogP contribution is 2.28.